The SMILES string of the molecule is CCCCc1ccc(/C(C)=N\Nc2cc(N3CCCCC3)ncn2)cc1. The number of aryl methyl sites for hydroxylation is 1. The molecular weight excluding hydrogens is 322 g/mol. The number of hydrazone groups is 1. The van der Waals surface area contributed by atoms with Gasteiger partial charge in [-0.05, 0) is 50.2 Å². The highest BCUT2D eigenvalue weighted by atomic mass is 15.3. The Hall–Kier alpha value is -2.43. The summed E-state index contributed by atoms with van der Waals surface area (Å²) in [6, 6.07) is 10.7. The van der Waals surface area contributed by atoms with Crippen LogP contribution in [0.2, 0.25) is 0 Å². The van der Waals surface area contributed by atoms with Gasteiger partial charge in [0.25, 0.3) is 0 Å². The number of anilines is 2. The van der Waals surface area contributed by atoms with E-state index in [1.54, 1.807) is 6.33 Å². The molecule has 0 unspecified atom stereocenters. The molecule has 0 saturated carbocycles. The fourth-order valence-corrected chi connectivity index (χ4v) is 3.20. The summed E-state index contributed by atoms with van der Waals surface area (Å²) in [7, 11) is 0. The second-order valence-electron chi connectivity index (χ2n) is 6.92. The zero-order valence-electron chi connectivity index (χ0n) is 15.9. The molecule has 1 aliphatic rings. The Morgan fingerprint density at radius 3 is 2.62 bits per heavy atom. The molecule has 1 aromatic carbocycles. The van der Waals surface area contributed by atoms with E-state index in [9.17, 15) is 0 Å². The first kappa shape index (κ1) is 18.4. The molecule has 0 radical (unpaired) electrons. The van der Waals surface area contributed by atoms with E-state index >= 15 is 0 Å². The Bertz CT molecular complexity index is 717. The first-order chi connectivity index (χ1) is 12.8. The van der Waals surface area contributed by atoms with Gasteiger partial charge in [0.1, 0.15) is 12.1 Å². The number of benzene rings is 1. The van der Waals surface area contributed by atoms with Crippen LogP contribution in [-0.2, 0) is 6.42 Å². The summed E-state index contributed by atoms with van der Waals surface area (Å²) >= 11 is 0. The van der Waals surface area contributed by atoms with Crippen LogP contribution in [0.15, 0.2) is 41.8 Å². The Labute approximate surface area is 156 Å². The van der Waals surface area contributed by atoms with Gasteiger partial charge in [-0.1, -0.05) is 37.6 Å². The van der Waals surface area contributed by atoms with Crippen molar-refractivity contribution in [3.8, 4) is 0 Å². The van der Waals surface area contributed by atoms with Gasteiger partial charge in [-0.15, -0.1) is 0 Å². The summed E-state index contributed by atoms with van der Waals surface area (Å²) in [4.78, 5) is 11.0. The number of nitrogens with one attached hydrogen (secondary N) is 1. The highest BCUT2D eigenvalue weighted by molar-refractivity contribution is 5.99. The van der Waals surface area contributed by atoms with Crippen molar-refractivity contribution >= 4 is 17.3 Å². The maximum Gasteiger partial charge on any atom is 0.151 e. The molecular formula is C21H29N5. The van der Waals surface area contributed by atoms with Gasteiger partial charge < -0.3 is 4.90 Å². The minimum absolute atomic E-state index is 0.736. The van der Waals surface area contributed by atoms with Crippen molar-refractivity contribution in [1.29, 1.82) is 0 Å². The molecule has 1 aromatic heterocycles. The van der Waals surface area contributed by atoms with Crippen molar-refractivity contribution in [2.45, 2.75) is 52.4 Å². The number of piperidine rings is 1. The largest absolute Gasteiger partial charge is 0.356 e. The van der Waals surface area contributed by atoms with Crippen LogP contribution >= 0.6 is 0 Å². The maximum atomic E-state index is 4.50. The van der Waals surface area contributed by atoms with Crippen LogP contribution in [-0.4, -0.2) is 28.8 Å². The van der Waals surface area contributed by atoms with Crippen molar-refractivity contribution in [2.24, 2.45) is 5.10 Å². The minimum atomic E-state index is 0.736. The lowest BCUT2D eigenvalue weighted by Crippen LogP contribution is -2.30. The van der Waals surface area contributed by atoms with E-state index in [1.165, 1.54) is 37.7 Å². The standard InChI is InChI=1S/C21H29N5/c1-3-4-8-18-9-11-19(12-10-18)17(2)24-25-20-15-21(23-16-22-20)26-13-6-5-7-14-26/h9-12,15-16H,3-8,13-14H2,1-2H3,(H,22,23,25)/b24-17-. The van der Waals surface area contributed by atoms with Gasteiger partial charge in [0.2, 0.25) is 0 Å². The fraction of sp³-hybridized carbons (Fsp3) is 0.476. The summed E-state index contributed by atoms with van der Waals surface area (Å²) in [6.07, 6.45) is 9.00. The number of hydrogen-bond acceptors (Lipinski definition) is 5. The molecule has 0 amide bonds. The predicted octanol–water partition coefficient (Wildman–Crippen LogP) is 4.65. The lowest BCUT2D eigenvalue weighted by atomic mass is 10.0. The predicted molar refractivity (Wildman–Crippen MR) is 109 cm³/mol. The van der Waals surface area contributed by atoms with Crippen molar-refractivity contribution < 1.29 is 0 Å². The molecule has 0 spiro atoms. The molecule has 2 heterocycles. The molecule has 0 bridgehead atoms. The second kappa shape index (κ2) is 9.32. The van der Waals surface area contributed by atoms with Crippen LogP contribution in [0.5, 0.6) is 0 Å². The Morgan fingerprint density at radius 1 is 1.12 bits per heavy atom. The third kappa shape index (κ3) is 5.04. The van der Waals surface area contributed by atoms with E-state index in [0.29, 0.717) is 0 Å². The van der Waals surface area contributed by atoms with E-state index in [1.807, 2.05) is 13.0 Å². The van der Waals surface area contributed by atoms with E-state index < -0.39 is 0 Å². The Morgan fingerprint density at radius 2 is 1.88 bits per heavy atom. The lowest BCUT2D eigenvalue weighted by Gasteiger charge is -2.27. The highest BCUT2D eigenvalue weighted by Crippen LogP contribution is 2.19. The molecule has 1 saturated heterocycles. The van der Waals surface area contributed by atoms with Crippen molar-refractivity contribution in [2.75, 3.05) is 23.4 Å². The minimum Gasteiger partial charge on any atom is -0.356 e. The summed E-state index contributed by atoms with van der Waals surface area (Å²) in [5.74, 6) is 1.72. The van der Waals surface area contributed by atoms with Crippen molar-refractivity contribution in [3.05, 3.63) is 47.8 Å². The maximum absolute atomic E-state index is 4.50. The monoisotopic (exact) mass is 351 g/mol. The van der Waals surface area contributed by atoms with Gasteiger partial charge in [0.05, 0.1) is 5.71 Å². The smallest absolute Gasteiger partial charge is 0.151 e. The van der Waals surface area contributed by atoms with Crippen LogP contribution in [0.3, 0.4) is 0 Å². The molecule has 3 rings (SSSR count). The molecule has 2 aromatic rings. The summed E-state index contributed by atoms with van der Waals surface area (Å²) in [5, 5.41) is 4.50. The van der Waals surface area contributed by atoms with Gasteiger partial charge in [0.15, 0.2) is 5.82 Å². The Balaban J connectivity index is 1.63. The summed E-state index contributed by atoms with van der Waals surface area (Å²) < 4.78 is 0. The highest BCUT2D eigenvalue weighted by Gasteiger charge is 2.12. The van der Waals surface area contributed by atoms with Gasteiger partial charge >= 0.3 is 0 Å². The van der Waals surface area contributed by atoms with Gasteiger partial charge in [-0.2, -0.15) is 5.10 Å². The molecule has 1 aliphatic heterocycles. The summed E-state index contributed by atoms with van der Waals surface area (Å²) in [6.45, 7) is 6.38. The molecule has 1 N–H and O–H groups in total. The van der Waals surface area contributed by atoms with Gasteiger partial charge in [-0.25, -0.2) is 9.97 Å². The number of rotatable bonds is 7. The van der Waals surface area contributed by atoms with Crippen LogP contribution < -0.4 is 10.3 Å². The quantitative estimate of drug-likeness (QED) is 0.583. The topological polar surface area (TPSA) is 53.4 Å². The normalized spacial score (nSPS) is 15.2. The van der Waals surface area contributed by atoms with E-state index in [4.69, 9.17) is 0 Å². The molecule has 5 heteroatoms. The van der Waals surface area contributed by atoms with Crippen LogP contribution in [0, 0.1) is 0 Å². The average Bonchev–Trinajstić information content (AvgIpc) is 2.72. The van der Waals surface area contributed by atoms with Crippen molar-refractivity contribution in [3.63, 3.8) is 0 Å². The van der Waals surface area contributed by atoms with Crippen LogP contribution in [0.4, 0.5) is 11.6 Å². The fourth-order valence-electron chi connectivity index (χ4n) is 3.20. The third-order valence-corrected chi connectivity index (χ3v) is 4.86. The number of unbranched alkanes of at least 4 members (excludes halogenated alkanes) is 1. The zero-order chi connectivity index (χ0) is 18.2. The number of nitrogens with zero attached hydrogens (tertiary/aromatic N) is 4. The van der Waals surface area contributed by atoms with Crippen LogP contribution in [0.1, 0.15) is 57.1 Å². The first-order valence-electron chi connectivity index (χ1n) is 9.73. The first-order valence-corrected chi connectivity index (χ1v) is 9.73. The van der Waals surface area contributed by atoms with E-state index in [-0.39, 0.29) is 0 Å². The van der Waals surface area contributed by atoms with Gasteiger partial charge in [-0.3, -0.25) is 5.43 Å². The summed E-state index contributed by atoms with van der Waals surface area (Å²) in [5.41, 5.74) is 6.55. The molecule has 0 aliphatic carbocycles. The van der Waals surface area contributed by atoms with Crippen molar-refractivity contribution in [1.82, 2.24) is 9.97 Å². The number of hydrogen-bond donors (Lipinski definition) is 1. The zero-order valence-corrected chi connectivity index (χ0v) is 15.9. The van der Waals surface area contributed by atoms with Crippen LogP contribution in [0.25, 0.3) is 0 Å². The Kier molecular flexibility index (Phi) is 6.58. The molecule has 138 valence electrons. The molecule has 5 nitrogen and oxygen atoms in total. The van der Waals surface area contributed by atoms with E-state index in [2.05, 4.69) is 56.6 Å². The number of aromatic nitrogens is 2. The molecule has 1 fully saturated rings. The third-order valence-electron chi connectivity index (χ3n) is 4.86. The average molecular weight is 351 g/mol. The molecule has 0 atom stereocenters. The van der Waals surface area contributed by atoms with E-state index in [0.717, 1.165) is 42.4 Å². The lowest BCUT2D eigenvalue weighted by molar-refractivity contribution is 0.573. The van der Waals surface area contributed by atoms with Gasteiger partial charge in [0, 0.05) is 19.2 Å². The second-order valence-corrected chi connectivity index (χ2v) is 6.92. The molecule has 26 heavy (non-hydrogen) atoms.